The van der Waals surface area contributed by atoms with E-state index in [0.717, 1.165) is 25.7 Å². The smallest absolute Gasteiger partial charge is 0.287 e. The van der Waals surface area contributed by atoms with E-state index in [2.05, 4.69) is 20.6 Å². The molecule has 2 amide bonds. The Bertz CT molecular complexity index is 438. The minimum absolute atomic E-state index is 0.00979. The number of rotatable bonds is 5. The zero-order chi connectivity index (χ0) is 14.4. The molecule has 0 unspecified atom stereocenters. The molecule has 5 N–H and O–H groups in total. The highest BCUT2D eigenvalue weighted by Crippen LogP contribution is 2.19. The van der Waals surface area contributed by atoms with Gasteiger partial charge in [-0.25, -0.2) is 4.98 Å². The van der Waals surface area contributed by atoms with Crippen molar-refractivity contribution in [2.75, 3.05) is 6.54 Å². The first-order valence-electron chi connectivity index (χ1n) is 6.98. The Kier molecular flexibility index (Phi) is 5.11. The number of aromatic amines is 1. The number of hydrogen-bond donors (Lipinski definition) is 4. The fourth-order valence-electron chi connectivity index (χ4n) is 2.46. The predicted octanol–water partition coefficient (Wildman–Crippen LogP) is -0.0843. The van der Waals surface area contributed by atoms with Crippen molar-refractivity contribution < 1.29 is 9.59 Å². The monoisotopic (exact) mass is 279 g/mol. The molecule has 1 heterocycles. The third-order valence-electron chi connectivity index (χ3n) is 3.51. The number of hydrogen-bond acceptors (Lipinski definition) is 4. The van der Waals surface area contributed by atoms with Crippen molar-refractivity contribution >= 4 is 11.8 Å². The van der Waals surface area contributed by atoms with Gasteiger partial charge in [-0.05, 0) is 25.7 Å². The molecule has 7 heteroatoms. The number of nitrogens with two attached hydrogens (primary N) is 1. The minimum atomic E-state index is -0.175. The summed E-state index contributed by atoms with van der Waals surface area (Å²) in [6, 6.07) is 0.348. The van der Waals surface area contributed by atoms with E-state index < -0.39 is 0 Å². The molecule has 1 aromatic rings. The van der Waals surface area contributed by atoms with Gasteiger partial charge in [0.1, 0.15) is 0 Å². The molecule has 0 aromatic carbocycles. The molecular weight excluding hydrogens is 258 g/mol. The maximum atomic E-state index is 11.8. The van der Waals surface area contributed by atoms with Crippen LogP contribution in [0.5, 0.6) is 0 Å². The van der Waals surface area contributed by atoms with Crippen LogP contribution in [-0.4, -0.2) is 40.4 Å². The van der Waals surface area contributed by atoms with Gasteiger partial charge in [-0.3, -0.25) is 9.59 Å². The number of carbonyl (C=O) groups is 2. The largest absolute Gasteiger partial charge is 0.353 e. The Balaban J connectivity index is 1.71. The topological polar surface area (TPSA) is 113 Å². The van der Waals surface area contributed by atoms with Gasteiger partial charge in [-0.15, -0.1) is 0 Å². The van der Waals surface area contributed by atoms with Crippen LogP contribution in [0.3, 0.4) is 0 Å². The minimum Gasteiger partial charge on any atom is -0.353 e. The van der Waals surface area contributed by atoms with Gasteiger partial charge in [0.25, 0.3) is 5.91 Å². The summed E-state index contributed by atoms with van der Waals surface area (Å²) in [6.45, 7) is 0.375. The summed E-state index contributed by atoms with van der Waals surface area (Å²) in [5.41, 5.74) is 5.34. The van der Waals surface area contributed by atoms with Crippen molar-refractivity contribution in [2.45, 2.75) is 44.2 Å². The Morgan fingerprint density at radius 1 is 1.25 bits per heavy atom. The number of amides is 2. The number of imidazole rings is 1. The molecule has 1 aliphatic rings. The molecule has 0 aliphatic heterocycles. The molecule has 0 bridgehead atoms. The molecule has 1 fully saturated rings. The molecule has 2 rings (SSSR count). The van der Waals surface area contributed by atoms with Gasteiger partial charge in [-0.1, -0.05) is 0 Å². The van der Waals surface area contributed by atoms with Gasteiger partial charge in [0.05, 0.1) is 0 Å². The molecule has 0 saturated heterocycles. The third-order valence-corrected chi connectivity index (χ3v) is 3.51. The zero-order valence-electron chi connectivity index (χ0n) is 11.4. The average Bonchev–Trinajstić information content (AvgIpc) is 2.95. The first-order valence-corrected chi connectivity index (χ1v) is 6.98. The van der Waals surface area contributed by atoms with Gasteiger partial charge in [0, 0.05) is 37.4 Å². The molecule has 20 heavy (non-hydrogen) atoms. The van der Waals surface area contributed by atoms with Crippen molar-refractivity contribution in [2.24, 2.45) is 5.73 Å². The highest BCUT2D eigenvalue weighted by Gasteiger charge is 2.24. The van der Waals surface area contributed by atoms with Gasteiger partial charge >= 0.3 is 0 Å². The van der Waals surface area contributed by atoms with Crippen LogP contribution in [0.2, 0.25) is 0 Å². The normalized spacial score (nSPS) is 22.2. The van der Waals surface area contributed by atoms with Crippen molar-refractivity contribution in [1.82, 2.24) is 20.6 Å². The van der Waals surface area contributed by atoms with Crippen LogP contribution in [-0.2, 0) is 4.79 Å². The van der Waals surface area contributed by atoms with Crippen molar-refractivity contribution in [1.29, 1.82) is 0 Å². The lowest BCUT2D eigenvalue weighted by Gasteiger charge is -2.29. The summed E-state index contributed by atoms with van der Waals surface area (Å²) in [7, 11) is 0. The summed E-state index contributed by atoms with van der Waals surface area (Å²) in [6.07, 6.45) is 7.02. The molecule has 7 nitrogen and oxygen atoms in total. The van der Waals surface area contributed by atoms with E-state index in [9.17, 15) is 9.59 Å². The standard InChI is InChI=1S/C13H21N5O2/c14-6-5-11(19)17-9-1-3-10(4-2-9)18-13(20)12-15-7-8-16-12/h7-10H,1-6,14H2,(H,15,16)(H,17,19)(H,18,20). The molecule has 1 aliphatic carbocycles. The van der Waals surface area contributed by atoms with Crippen molar-refractivity contribution in [3.8, 4) is 0 Å². The van der Waals surface area contributed by atoms with Crippen molar-refractivity contribution in [3.05, 3.63) is 18.2 Å². The van der Waals surface area contributed by atoms with Crippen LogP contribution in [0.15, 0.2) is 12.4 Å². The Labute approximate surface area is 117 Å². The summed E-state index contributed by atoms with van der Waals surface area (Å²) in [5, 5.41) is 5.93. The number of nitrogens with one attached hydrogen (secondary N) is 3. The highest BCUT2D eigenvalue weighted by atomic mass is 16.2. The van der Waals surface area contributed by atoms with Crippen LogP contribution >= 0.6 is 0 Å². The maximum Gasteiger partial charge on any atom is 0.287 e. The number of nitrogens with zero attached hydrogens (tertiary/aromatic N) is 1. The second-order valence-corrected chi connectivity index (χ2v) is 5.07. The SMILES string of the molecule is NCCC(=O)NC1CCC(NC(=O)c2ncc[nH]2)CC1. The fourth-order valence-corrected chi connectivity index (χ4v) is 2.46. The molecule has 0 radical (unpaired) electrons. The summed E-state index contributed by atoms with van der Waals surface area (Å²) in [4.78, 5) is 30.0. The van der Waals surface area contributed by atoms with Crippen LogP contribution in [0.4, 0.5) is 0 Å². The molecule has 0 atom stereocenters. The summed E-state index contributed by atoms with van der Waals surface area (Å²) in [5.74, 6) is 0.171. The van der Waals surface area contributed by atoms with Gasteiger partial charge in [-0.2, -0.15) is 0 Å². The van der Waals surface area contributed by atoms with E-state index in [0.29, 0.717) is 18.8 Å². The lowest BCUT2D eigenvalue weighted by Crippen LogP contribution is -2.44. The molecule has 1 aromatic heterocycles. The lowest BCUT2D eigenvalue weighted by molar-refractivity contribution is -0.121. The summed E-state index contributed by atoms with van der Waals surface area (Å²) < 4.78 is 0. The highest BCUT2D eigenvalue weighted by molar-refractivity contribution is 5.90. The number of carbonyl (C=O) groups excluding carboxylic acids is 2. The average molecular weight is 279 g/mol. The van der Waals surface area contributed by atoms with Crippen LogP contribution in [0.25, 0.3) is 0 Å². The summed E-state index contributed by atoms with van der Waals surface area (Å²) >= 11 is 0. The van der Waals surface area contributed by atoms with E-state index in [1.165, 1.54) is 0 Å². The van der Waals surface area contributed by atoms with Gasteiger partial charge in [0.2, 0.25) is 5.91 Å². The van der Waals surface area contributed by atoms with Crippen LogP contribution in [0.1, 0.15) is 42.7 Å². The zero-order valence-corrected chi connectivity index (χ0v) is 11.4. The van der Waals surface area contributed by atoms with E-state index in [-0.39, 0.29) is 23.9 Å². The van der Waals surface area contributed by atoms with Crippen LogP contribution < -0.4 is 16.4 Å². The Morgan fingerprint density at radius 3 is 2.45 bits per heavy atom. The first kappa shape index (κ1) is 14.5. The van der Waals surface area contributed by atoms with Gasteiger partial charge < -0.3 is 21.4 Å². The molecule has 1 saturated carbocycles. The maximum absolute atomic E-state index is 11.8. The fraction of sp³-hybridized carbons (Fsp3) is 0.615. The third kappa shape index (κ3) is 4.06. The van der Waals surface area contributed by atoms with E-state index in [4.69, 9.17) is 5.73 Å². The lowest BCUT2D eigenvalue weighted by atomic mass is 9.91. The number of H-pyrrole nitrogens is 1. The quantitative estimate of drug-likeness (QED) is 0.603. The second kappa shape index (κ2) is 7.04. The first-order chi connectivity index (χ1) is 9.69. The Hall–Kier alpha value is -1.89. The predicted molar refractivity (Wildman–Crippen MR) is 73.9 cm³/mol. The van der Waals surface area contributed by atoms with E-state index >= 15 is 0 Å². The van der Waals surface area contributed by atoms with Crippen molar-refractivity contribution in [3.63, 3.8) is 0 Å². The molecule has 0 spiro atoms. The van der Waals surface area contributed by atoms with Gasteiger partial charge in [0.15, 0.2) is 5.82 Å². The second-order valence-electron chi connectivity index (χ2n) is 5.07. The van der Waals surface area contributed by atoms with Crippen LogP contribution in [0, 0.1) is 0 Å². The molecular formula is C13H21N5O2. The molecule has 110 valence electrons. The van der Waals surface area contributed by atoms with E-state index in [1.54, 1.807) is 12.4 Å². The Morgan fingerprint density at radius 2 is 1.90 bits per heavy atom. The van der Waals surface area contributed by atoms with E-state index in [1.807, 2.05) is 0 Å². The number of aromatic nitrogens is 2.